The molecule has 10 heteroatoms. The van der Waals surface area contributed by atoms with Gasteiger partial charge in [-0.25, -0.2) is 4.68 Å². The molecule has 0 radical (unpaired) electrons. The highest BCUT2D eigenvalue weighted by Gasteiger charge is 2.18. The van der Waals surface area contributed by atoms with E-state index in [0.29, 0.717) is 11.5 Å². The first-order chi connectivity index (χ1) is 14.5. The highest BCUT2D eigenvalue weighted by atomic mass is 16.2. The maximum absolute atomic E-state index is 12.6. The Morgan fingerprint density at radius 3 is 2.70 bits per heavy atom. The molecule has 0 fully saturated rings. The Kier molecular flexibility index (Phi) is 5.38. The Balaban J connectivity index is 1.40. The normalized spacial score (nSPS) is 12.1. The van der Waals surface area contributed by atoms with Gasteiger partial charge in [-0.3, -0.25) is 9.48 Å². The van der Waals surface area contributed by atoms with Crippen LogP contribution in [0.2, 0.25) is 0 Å². The topological polar surface area (TPSA) is 108 Å². The van der Waals surface area contributed by atoms with Gasteiger partial charge in [-0.15, -0.1) is 15.0 Å². The van der Waals surface area contributed by atoms with Crippen LogP contribution >= 0.6 is 0 Å². The van der Waals surface area contributed by atoms with E-state index in [1.807, 2.05) is 55.8 Å². The van der Waals surface area contributed by atoms with Gasteiger partial charge in [0.05, 0.1) is 12.2 Å². The lowest BCUT2D eigenvalue weighted by atomic mass is 10.1. The number of carbonyl (C=O) groups excluding carboxylic acids is 1. The number of aromatic nitrogens is 8. The predicted octanol–water partition coefficient (Wildman–Crippen LogP) is 2.06. The minimum atomic E-state index is -0.249. The van der Waals surface area contributed by atoms with Crippen molar-refractivity contribution in [1.82, 2.24) is 45.1 Å². The van der Waals surface area contributed by atoms with Gasteiger partial charge in [-0.1, -0.05) is 30.3 Å². The van der Waals surface area contributed by atoms with E-state index < -0.39 is 0 Å². The van der Waals surface area contributed by atoms with Crippen molar-refractivity contribution in [2.24, 2.45) is 0 Å². The predicted molar refractivity (Wildman–Crippen MR) is 109 cm³/mol. The molecule has 0 saturated carbocycles. The quantitative estimate of drug-likeness (QED) is 0.504. The number of rotatable bonds is 7. The number of carbonyl (C=O) groups is 1. The van der Waals surface area contributed by atoms with Gasteiger partial charge in [0, 0.05) is 29.6 Å². The maximum atomic E-state index is 12.6. The molecule has 3 aromatic heterocycles. The van der Waals surface area contributed by atoms with Gasteiger partial charge in [0.2, 0.25) is 5.82 Å². The fraction of sp³-hybridized carbons (Fsp3) is 0.300. The van der Waals surface area contributed by atoms with Gasteiger partial charge in [0.25, 0.3) is 5.91 Å². The van der Waals surface area contributed by atoms with Crippen LogP contribution in [0.25, 0.3) is 11.4 Å². The van der Waals surface area contributed by atoms with Crippen molar-refractivity contribution in [3.05, 3.63) is 65.7 Å². The molecule has 0 aliphatic heterocycles. The van der Waals surface area contributed by atoms with Crippen molar-refractivity contribution in [2.75, 3.05) is 0 Å². The third-order valence-electron chi connectivity index (χ3n) is 4.88. The van der Waals surface area contributed by atoms with Crippen molar-refractivity contribution in [2.45, 2.75) is 40.0 Å². The number of hydrogen-bond acceptors (Lipinski definition) is 6. The van der Waals surface area contributed by atoms with Crippen molar-refractivity contribution in [1.29, 1.82) is 0 Å². The lowest BCUT2D eigenvalue weighted by Crippen LogP contribution is -2.27. The van der Waals surface area contributed by atoms with E-state index in [1.54, 1.807) is 23.1 Å². The number of aryl methyl sites for hydroxylation is 1. The van der Waals surface area contributed by atoms with Crippen molar-refractivity contribution in [3.8, 4) is 11.4 Å². The van der Waals surface area contributed by atoms with Gasteiger partial charge < -0.3 is 5.32 Å². The summed E-state index contributed by atoms with van der Waals surface area (Å²) in [5.74, 6) is 0.291. The van der Waals surface area contributed by atoms with E-state index in [4.69, 9.17) is 0 Å². The smallest absolute Gasteiger partial charge is 0.272 e. The second kappa shape index (κ2) is 8.27. The summed E-state index contributed by atoms with van der Waals surface area (Å²) in [6.07, 6.45) is 3.51. The van der Waals surface area contributed by atoms with Crippen LogP contribution in [-0.2, 0) is 13.2 Å². The summed E-state index contributed by atoms with van der Waals surface area (Å²) < 4.78 is 3.50. The molecule has 0 aliphatic carbocycles. The molecule has 154 valence electrons. The van der Waals surface area contributed by atoms with Gasteiger partial charge in [-0.2, -0.15) is 10.2 Å². The summed E-state index contributed by atoms with van der Waals surface area (Å²) in [6.45, 7) is 7.01. The Morgan fingerprint density at radius 1 is 1.17 bits per heavy atom. The van der Waals surface area contributed by atoms with Crippen LogP contribution in [0.5, 0.6) is 0 Å². The van der Waals surface area contributed by atoms with Gasteiger partial charge >= 0.3 is 0 Å². The average molecular weight is 405 g/mol. The van der Waals surface area contributed by atoms with Gasteiger partial charge in [0.15, 0.2) is 6.67 Å². The molecule has 4 rings (SSSR count). The van der Waals surface area contributed by atoms with E-state index in [0.717, 1.165) is 23.4 Å². The van der Waals surface area contributed by atoms with E-state index in [9.17, 15) is 4.79 Å². The number of benzene rings is 1. The molecule has 1 aromatic carbocycles. The molecule has 1 amide bonds. The molecule has 0 bridgehead atoms. The molecule has 0 saturated heterocycles. The van der Waals surface area contributed by atoms with Crippen LogP contribution < -0.4 is 5.32 Å². The number of tetrazole rings is 1. The van der Waals surface area contributed by atoms with Crippen LogP contribution in [0.15, 0.2) is 48.8 Å². The van der Waals surface area contributed by atoms with Gasteiger partial charge in [0.1, 0.15) is 5.69 Å². The fourth-order valence-electron chi connectivity index (χ4n) is 3.25. The largest absolute Gasteiger partial charge is 0.344 e. The lowest BCUT2D eigenvalue weighted by Gasteiger charge is -2.13. The molecule has 3 heterocycles. The first kappa shape index (κ1) is 19.5. The van der Waals surface area contributed by atoms with E-state index in [-0.39, 0.29) is 18.6 Å². The van der Waals surface area contributed by atoms with Crippen LogP contribution in [-0.4, -0.2) is 45.7 Å². The third-order valence-corrected chi connectivity index (χ3v) is 4.88. The summed E-state index contributed by atoms with van der Waals surface area (Å²) in [4.78, 5) is 14.0. The monoisotopic (exact) mass is 405 g/mol. The standard InChI is InChI=1S/C20H23N9O/c1-4-28-15(3)17(12-21-28)14(2)22-20(30)18-10-11-27(24-18)13-29-25-19(23-26-29)16-8-6-5-7-9-16/h5-12,14H,4,13H2,1-3H3,(H,22,30). The lowest BCUT2D eigenvalue weighted by molar-refractivity contribution is 0.0933. The summed E-state index contributed by atoms with van der Waals surface area (Å²) in [5.41, 5.74) is 3.25. The zero-order valence-corrected chi connectivity index (χ0v) is 17.1. The van der Waals surface area contributed by atoms with Crippen molar-refractivity contribution < 1.29 is 4.79 Å². The first-order valence-corrected chi connectivity index (χ1v) is 9.75. The summed E-state index contributed by atoms with van der Waals surface area (Å²) in [6, 6.07) is 11.1. The Bertz CT molecular complexity index is 1140. The number of hydrogen-bond donors (Lipinski definition) is 1. The van der Waals surface area contributed by atoms with Crippen LogP contribution in [0.1, 0.15) is 41.6 Å². The average Bonchev–Trinajstić information content (AvgIpc) is 3.49. The minimum absolute atomic E-state index is 0.173. The summed E-state index contributed by atoms with van der Waals surface area (Å²) in [7, 11) is 0. The SMILES string of the molecule is CCn1ncc(C(C)NC(=O)c2ccn(Cn3nnc(-c4ccccc4)n3)n2)c1C. The Hall–Kier alpha value is -3.82. The first-order valence-electron chi connectivity index (χ1n) is 9.75. The summed E-state index contributed by atoms with van der Waals surface area (Å²) >= 11 is 0. The number of nitrogens with zero attached hydrogens (tertiary/aromatic N) is 8. The second-order valence-corrected chi connectivity index (χ2v) is 6.93. The van der Waals surface area contributed by atoms with E-state index >= 15 is 0 Å². The van der Waals surface area contributed by atoms with Crippen molar-refractivity contribution >= 4 is 5.91 Å². The molecule has 1 N–H and O–H groups in total. The van der Waals surface area contributed by atoms with E-state index in [2.05, 4.69) is 30.9 Å². The molecular formula is C20H23N9O. The molecule has 4 aromatic rings. The van der Waals surface area contributed by atoms with Crippen molar-refractivity contribution in [3.63, 3.8) is 0 Å². The molecular weight excluding hydrogens is 382 g/mol. The minimum Gasteiger partial charge on any atom is -0.344 e. The molecule has 0 spiro atoms. The van der Waals surface area contributed by atoms with Crippen LogP contribution in [0, 0.1) is 6.92 Å². The molecule has 0 aliphatic rings. The maximum Gasteiger partial charge on any atom is 0.272 e. The van der Waals surface area contributed by atoms with Crippen LogP contribution in [0.4, 0.5) is 0 Å². The van der Waals surface area contributed by atoms with Gasteiger partial charge in [-0.05, 0) is 32.1 Å². The highest BCUT2D eigenvalue weighted by Crippen LogP contribution is 2.17. The van der Waals surface area contributed by atoms with Crippen LogP contribution in [0.3, 0.4) is 0 Å². The van der Waals surface area contributed by atoms with E-state index in [1.165, 1.54) is 4.80 Å². The second-order valence-electron chi connectivity index (χ2n) is 6.93. The molecule has 1 unspecified atom stereocenters. The Labute approximate surface area is 173 Å². The zero-order valence-electron chi connectivity index (χ0n) is 17.1. The zero-order chi connectivity index (χ0) is 21.1. The number of amides is 1. The third kappa shape index (κ3) is 3.97. The number of nitrogens with one attached hydrogen (secondary N) is 1. The Morgan fingerprint density at radius 2 is 1.97 bits per heavy atom. The molecule has 10 nitrogen and oxygen atoms in total. The molecule has 30 heavy (non-hydrogen) atoms. The highest BCUT2D eigenvalue weighted by molar-refractivity contribution is 5.92. The fourth-order valence-corrected chi connectivity index (χ4v) is 3.25. The summed E-state index contributed by atoms with van der Waals surface area (Å²) in [5, 5.41) is 24.1. The molecule has 1 atom stereocenters.